The fraction of sp³-hybridized carbons (Fsp3) is 0.296. The van der Waals surface area contributed by atoms with Crippen LogP contribution >= 0.6 is 0 Å². The van der Waals surface area contributed by atoms with E-state index in [4.69, 9.17) is 9.47 Å². The number of benzene rings is 3. The Morgan fingerprint density at radius 2 is 1.47 bits per heavy atom. The van der Waals surface area contributed by atoms with Crippen molar-refractivity contribution in [2.24, 2.45) is 0 Å². The van der Waals surface area contributed by atoms with Gasteiger partial charge in [-0.1, -0.05) is 56.2 Å². The maximum absolute atomic E-state index is 14.3. The Labute approximate surface area is 188 Å². The molecule has 0 amide bonds. The van der Waals surface area contributed by atoms with Crippen LogP contribution in [0, 0.1) is 11.6 Å². The smallest absolute Gasteiger partial charge is 0.343 e. The standard InChI is InChI=1S/C27H28F2O3/c1-3-5-6-7-19-8-10-20(11-9-19)21-12-14-22(15-13-21)27(30)32-24-17-16-23(18-31-4-2)25(28)26(24)29/h8-17H,3-7,18H2,1-2H3. The van der Waals surface area contributed by atoms with Crippen molar-refractivity contribution in [3.05, 3.63) is 89.0 Å². The molecule has 0 spiro atoms. The van der Waals surface area contributed by atoms with Crippen molar-refractivity contribution in [3.63, 3.8) is 0 Å². The zero-order valence-electron chi connectivity index (χ0n) is 18.5. The van der Waals surface area contributed by atoms with Gasteiger partial charge in [0, 0.05) is 12.2 Å². The highest BCUT2D eigenvalue weighted by molar-refractivity contribution is 5.91. The van der Waals surface area contributed by atoms with E-state index in [9.17, 15) is 13.6 Å². The molecular weight excluding hydrogens is 410 g/mol. The highest BCUT2D eigenvalue weighted by atomic mass is 19.2. The summed E-state index contributed by atoms with van der Waals surface area (Å²) >= 11 is 0. The molecule has 0 fully saturated rings. The van der Waals surface area contributed by atoms with Gasteiger partial charge in [-0.15, -0.1) is 0 Å². The molecule has 0 radical (unpaired) electrons. The Bertz CT molecular complexity index is 1030. The second kappa shape index (κ2) is 11.5. The minimum Gasteiger partial charge on any atom is -0.420 e. The van der Waals surface area contributed by atoms with Crippen molar-refractivity contribution >= 4 is 5.97 Å². The molecule has 3 aromatic carbocycles. The summed E-state index contributed by atoms with van der Waals surface area (Å²) in [4.78, 5) is 12.4. The van der Waals surface area contributed by atoms with Crippen LogP contribution in [0.2, 0.25) is 0 Å². The summed E-state index contributed by atoms with van der Waals surface area (Å²) in [7, 11) is 0. The Hall–Kier alpha value is -3.05. The quantitative estimate of drug-likeness (QED) is 0.192. The normalized spacial score (nSPS) is 10.9. The minimum atomic E-state index is -1.20. The van der Waals surface area contributed by atoms with Gasteiger partial charge >= 0.3 is 5.97 Å². The van der Waals surface area contributed by atoms with Gasteiger partial charge in [-0.3, -0.25) is 0 Å². The fourth-order valence-corrected chi connectivity index (χ4v) is 3.37. The van der Waals surface area contributed by atoms with Crippen molar-refractivity contribution in [3.8, 4) is 16.9 Å². The first-order valence-electron chi connectivity index (χ1n) is 11.0. The maximum Gasteiger partial charge on any atom is 0.343 e. The van der Waals surface area contributed by atoms with Gasteiger partial charge < -0.3 is 9.47 Å². The van der Waals surface area contributed by atoms with Gasteiger partial charge in [-0.05, 0) is 60.7 Å². The van der Waals surface area contributed by atoms with Crippen LogP contribution in [-0.2, 0) is 17.8 Å². The molecule has 5 heteroatoms. The summed E-state index contributed by atoms with van der Waals surface area (Å²) in [5.41, 5.74) is 3.64. The lowest BCUT2D eigenvalue weighted by molar-refractivity contribution is 0.0726. The predicted molar refractivity (Wildman–Crippen MR) is 122 cm³/mol. The van der Waals surface area contributed by atoms with Gasteiger partial charge in [-0.25, -0.2) is 9.18 Å². The van der Waals surface area contributed by atoms with Crippen LogP contribution < -0.4 is 4.74 Å². The van der Waals surface area contributed by atoms with Crippen LogP contribution in [0.1, 0.15) is 54.6 Å². The average molecular weight is 439 g/mol. The van der Waals surface area contributed by atoms with Gasteiger partial charge in [0.25, 0.3) is 0 Å². The molecule has 32 heavy (non-hydrogen) atoms. The predicted octanol–water partition coefficient (Wildman–Crippen LogP) is 7.12. The number of rotatable bonds is 10. The summed E-state index contributed by atoms with van der Waals surface area (Å²) in [5, 5.41) is 0. The SMILES string of the molecule is CCCCCc1ccc(-c2ccc(C(=O)Oc3ccc(COCC)c(F)c3F)cc2)cc1. The van der Waals surface area contributed by atoms with E-state index in [2.05, 4.69) is 31.2 Å². The third-order valence-corrected chi connectivity index (χ3v) is 5.27. The Kier molecular flexibility index (Phi) is 8.51. The van der Waals surface area contributed by atoms with Crippen LogP contribution in [0.25, 0.3) is 11.1 Å². The van der Waals surface area contributed by atoms with Crippen molar-refractivity contribution in [2.45, 2.75) is 46.1 Å². The highest BCUT2D eigenvalue weighted by Crippen LogP contribution is 2.25. The summed E-state index contributed by atoms with van der Waals surface area (Å²) in [6.45, 7) is 4.29. The molecule has 0 atom stereocenters. The van der Waals surface area contributed by atoms with Gasteiger partial charge in [-0.2, -0.15) is 4.39 Å². The number of hydrogen-bond donors (Lipinski definition) is 0. The second-order valence-electron chi connectivity index (χ2n) is 7.61. The van der Waals surface area contributed by atoms with E-state index in [-0.39, 0.29) is 17.7 Å². The van der Waals surface area contributed by atoms with Gasteiger partial charge in [0.2, 0.25) is 5.82 Å². The zero-order chi connectivity index (χ0) is 22.9. The molecule has 3 aromatic rings. The van der Waals surface area contributed by atoms with Crippen molar-refractivity contribution in [2.75, 3.05) is 6.61 Å². The molecule has 3 rings (SSSR count). The van der Waals surface area contributed by atoms with E-state index in [1.807, 2.05) is 12.1 Å². The number of aryl methyl sites for hydroxylation is 1. The largest absolute Gasteiger partial charge is 0.420 e. The number of halogens is 2. The van der Waals surface area contributed by atoms with E-state index in [0.29, 0.717) is 6.61 Å². The number of unbranched alkanes of at least 4 members (excludes halogenated alkanes) is 2. The maximum atomic E-state index is 14.3. The molecule has 0 aliphatic carbocycles. The lowest BCUT2D eigenvalue weighted by Crippen LogP contribution is -2.11. The minimum absolute atomic E-state index is 0.0470. The van der Waals surface area contributed by atoms with Crippen molar-refractivity contribution < 1.29 is 23.0 Å². The van der Waals surface area contributed by atoms with Crippen molar-refractivity contribution in [1.82, 2.24) is 0 Å². The van der Waals surface area contributed by atoms with Gasteiger partial charge in [0.15, 0.2) is 11.6 Å². The second-order valence-corrected chi connectivity index (χ2v) is 7.61. The molecule has 0 bridgehead atoms. The third kappa shape index (κ3) is 6.01. The number of ether oxygens (including phenoxy) is 2. The molecule has 0 N–H and O–H groups in total. The van der Waals surface area contributed by atoms with Crippen molar-refractivity contribution in [1.29, 1.82) is 0 Å². The summed E-state index contributed by atoms with van der Waals surface area (Å²) in [6, 6.07) is 17.8. The van der Waals surface area contributed by atoms with E-state index in [1.165, 1.54) is 37.0 Å². The lowest BCUT2D eigenvalue weighted by Gasteiger charge is -2.10. The average Bonchev–Trinajstić information content (AvgIpc) is 2.82. The van der Waals surface area contributed by atoms with Crippen LogP contribution in [0.15, 0.2) is 60.7 Å². The Morgan fingerprint density at radius 3 is 2.09 bits per heavy atom. The van der Waals surface area contributed by atoms with Gasteiger partial charge in [0.1, 0.15) is 0 Å². The first kappa shape index (κ1) is 23.6. The number of esters is 1. The number of carbonyl (C=O) groups is 1. The molecule has 3 nitrogen and oxygen atoms in total. The van der Waals surface area contributed by atoms with Crippen LogP contribution in [-0.4, -0.2) is 12.6 Å². The van der Waals surface area contributed by atoms with E-state index < -0.39 is 23.4 Å². The molecule has 168 valence electrons. The summed E-state index contributed by atoms with van der Waals surface area (Å²) in [5.74, 6) is -3.47. The molecule has 0 aliphatic rings. The third-order valence-electron chi connectivity index (χ3n) is 5.27. The summed E-state index contributed by atoms with van der Waals surface area (Å²) in [6.07, 6.45) is 4.69. The molecule has 0 aromatic heterocycles. The van der Waals surface area contributed by atoms with Crippen LogP contribution in [0.4, 0.5) is 8.78 Å². The monoisotopic (exact) mass is 438 g/mol. The first-order chi connectivity index (χ1) is 15.5. The number of carbonyl (C=O) groups excluding carboxylic acids is 1. The molecule has 0 heterocycles. The Morgan fingerprint density at radius 1 is 0.812 bits per heavy atom. The molecule has 0 saturated carbocycles. The van der Waals surface area contributed by atoms with E-state index in [1.54, 1.807) is 19.1 Å². The van der Waals surface area contributed by atoms with E-state index in [0.717, 1.165) is 17.5 Å². The zero-order valence-corrected chi connectivity index (χ0v) is 18.5. The van der Waals surface area contributed by atoms with Gasteiger partial charge in [0.05, 0.1) is 12.2 Å². The topological polar surface area (TPSA) is 35.5 Å². The molecule has 0 unspecified atom stereocenters. The molecule has 0 aliphatic heterocycles. The van der Waals surface area contributed by atoms with Crippen LogP contribution in [0.5, 0.6) is 5.75 Å². The van der Waals surface area contributed by atoms with E-state index >= 15 is 0 Å². The highest BCUT2D eigenvalue weighted by Gasteiger charge is 2.18. The molecule has 0 saturated heterocycles. The lowest BCUT2D eigenvalue weighted by atomic mass is 10.0. The first-order valence-corrected chi connectivity index (χ1v) is 11.0. The fourth-order valence-electron chi connectivity index (χ4n) is 3.37. The Balaban J connectivity index is 1.66. The molecular formula is C27H28F2O3. The van der Waals surface area contributed by atoms with Crippen LogP contribution in [0.3, 0.4) is 0 Å². The number of hydrogen-bond acceptors (Lipinski definition) is 3. The summed E-state index contributed by atoms with van der Waals surface area (Å²) < 4.78 is 38.6.